The maximum absolute atomic E-state index is 5.34. The minimum atomic E-state index is 0.844. The highest BCUT2D eigenvalue weighted by molar-refractivity contribution is 6.13. The van der Waals surface area contributed by atoms with E-state index in [9.17, 15) is 0 Å². The van der Waals surface area contributed by atoms with Crippen molar-refractivity contribution in [2.45, 2.75) is 0 Å². The van der Waals surface area contributed by atoms with Crippen LogP contribution >= 0.6 is 0 Å². The summed E-state index contributed by atoms with van der Waals surface area (Å²) in [5.74, 6) is 0. The Balaban J connectivity index is 1.39. The minimum absolute atomic E-state index is 0.844. The molecule has 0 aliphatic carbocycles. The van der Waals surface area contributed by atoms with Crippen LogP contribution in [0.5, 0.6) is 0 Å². The predicted octanol–water partition coefficient (Wildman–Crippen LogP) is 10.5. The van der Waals surface area contributed by atoms with Crippen LogP contribution in [0.1, 0.15) is 0 Å². The minimum Gasteiger partial charge on any atom is -0.256 e. The van der Waals surface area contributed by atoms with Gasteiger partial charge in [-0.2, -0.15) is 0 Å². The molecule has 0 saturated carbocycles. The Labute approximate surface area is 265 Å². The van der Waals surface area contributed by atoms with E-state index in [-0.39, 0.29) is 0 Å². The summed E-state index contributed by atoms with van der Waals surface area (Å²) in [6.45, 7) is 0. The average molecular weight is 587 g/mol. The number of hydrogen-bond acceptors (Lipinski definition) is 4. The molecule has 0 bridgehead atoms. The zero-order valence-electron chi connectivity index (χ0n) is 24.8. The summed E-state index contributed by atoms with van der Waals surface area (Å²) < 4.78 is 0. The first-order valence-electron chi connectivity index (χ1n) is 15.4. The lowest BCUT2D eigenvalue weighted by molar-refractivity contribution is 1.33. The van der Waals surface area contributed by atoms with Crippen molar-refractivity contribution < 1.29 is 0 Å². The van der Waals surface area contributed by atoms with Gasteiger partial charge in [-0.05, 0) is 41.3 Å². The van der Waals surface area contributed by atoms with E-state index in [1.807, 2.05) is 42.7 Å². The second-order valence-corrected chi connectivity index (χ2v) is 11.5. The Kier molecular flexibility index (Phi) is 6.10. The molecule has 0 aliphatic heterocycles. The van der Waals surface area contributed by atoms with Gasteiger partial charge in [0.05, 0.1) is 33.6 Å². The van der Waals surface area contributed by atoms with Gasteiger partial charge in [-0.3, -0.25) is 9.97 Å². The monoisotopic (exact) mass is 586 g/mol. The van der Waals surface area contributed by atoms with Crippen molar-refractivity contribution in [1.82, 2.24) is 19.9 Å². The van der Waals surface area contributed by atoms with Crippen LogP contribution in [0.2, 0.25) is 0 Å². The van der Waals surface area contributed by atoms with Crippen molar-refractivity contribution in [2.75, 3.05) is 0 Å². The summed E-state index contributed by atoms with van der Waals surface area (Å²) in [7, 11) is 0. The summed E-state index contributed by atoms with van der Waals surface area (Å²) in [6.07, 6.45) is 3.92. The van der Waals surface area contributed by atoms with Crippen molar-refractivity contribution in [2.24, 2.45) is 0 Å². The van der Waals surface area contributed by atoms with E-state index in [2.05, 4.69) is 115 Å². The van der Waals surface area contributed by atoms with E-state index in [1.54, 1.807) is 0 Å². The fraction of sp³-hybridized carbons (Fsp3) is 0. The molecule has 4 heteroatoms. The third-order valence-corrected chi connectivity index (χ3v) is 8.71. The molecule has 46 heavy (non-hydrogen) atoms. The van der Waals surface area contributed by atoms with Gasteiger partial charge in [0.2, 0.25) is 0 Å². The first-order chi connectivity index (χ1) is 22.8. The molecule has 214 valence electrons. The summed E-state index contributed by atoms with van der Waals surface area (Å²) in [5, 5.41) is 5.40. The summed E-state index contributed by atoms with van der Waals surface area (Å²) in [5.41, 5.74) is 10.6. The van der Waals surface area contributed by atoms with E-state index >= 15 is 0 Å². The van der Waals surface area contributed by atoms with Gasteiger partial charge in [0.15, 0.2) is 0 Å². The summed E-state index contributed by atoms with van der Waals surface area (Å²) in [4.78, 5) is 20.4. The van der Waals surface area contributed by atoms with Gasteiger partial charge in [0.1, 0.15) is 0 Å². The van der Waals surface area contributed by atoms with Crippen molar-refractivity contribution >= 4 is 43.5 Å². The van der Waals surface area contributed by atoms with Gasteiger partial charge < -0.3 is 0 Å². The van der Waals surface area contributed by atoms with Gasteiger partial charge >= 0.3 is 0 Å². The number of aromatic nitrogens is 4. The smallest absolute Gasteiger partial charge is 0.0979 e. The topological polar surface area (TPSA) is 51.6 Å². The fourth-order valence-electron chi connectivity index (χ4n) is 6.39. The van der Waals surface area contributed by atoms with Gasteiger partial charge in [-0.15, -0.1) is 0 Å². The lowest BCUT2D eigenvalue weighted by atomic mass is 9.94. The molecule has 9 rings (SSSR count). The zero-order valence-corrected chi connectivity index (χ0v) is 24.8. The third-order valence-electron chi connectivity index (χ3n) is 8.71. The van der Waals surface area contributed by atoms with Crippen molar-refractivity contribution in [3.63, 3.8) is 0 Å². The Hall–Kier alpha value is -6.26. The predicted molar refractivity (Wildman–Crippen MR) is 189 cm³/mol. The van der Waals surface area contributed by atoms with Crippen molar-refractivity contribution in [1.29, 1.82) is 0 Å². The molecule has 4 nitrogen and oxygen atoms in total. The van der Waals surface area contributed by atoms with E-state index in [0.717, 1.165) is 88.4 Å². The second-order valence-electron chi connectivity index (χ2n) is 11.5. The molecule has 0 unspecified atom stereocenters. The highest BCUT2D eigenvalue weighted by Gasteiger charge is 2.18. The molecule has 4 aromatic heterocycles. The normalized spacial score (nSPS) is 11.5. The first-order valence-corrected chi connectivity index (χ1v) is 15.4. The summed E-state index contributed by atoms with van der Waals surface area (Å²) >= 11 is 0. The number of benzene rings is 5. The molecule has 0 fully saturated rings. The Morgan fingerprint density at radius 1 is 0.348 bits per heavy atom. The largest absolute Gasteiger partial charge is 0.256 e. The van der Waals surface area contributed by atoms with E-state index in [1.165, 1.54) is 0 Å². The van der Waals surface area contributed by atoms with Crippen LogP contribution < -0.4 is 0 Å². The molecule has 0 aliphatic rings. The van der Waals surface area contributed by atoms with Gasteiger partial charge in [0, 0.05) is 56.2 Å². The first kappa shape index (κ1) is 26.2. The van der Waals surface area contributed by atoms with Crippen LogP contribution in [0.15, 0.2) is 158 Å². The number of fused-ring (bicyclic) bond motifs is 5. The molecular weight excluding hydrogens is 560 g/mol. The molecule has 9 aromatic rings. The average Bonchev–Trinajstić information content (AvgIpc) is 3.14. The quantitative estimate of drug-likeness (QED) is 0.193. The molecule has 5 aromatic carbocycles. The number of hydrogen-bond donors (Lipinski definition) is 0. The number of nitrogens with zero attached hydrogens (tertiary/aromatic N) is 4. The van der Waals surface area contributed by atoms with Gasteiger partial charge in [-0.1, -0.05) is 115 Å². The maximum atomic E-state index is 5.34. The van der Waals surface area contributed by atoms with Crippen LogP contribution in [0, 0.1) is 0 Å². The SMILES string of the molecule is c1ccc(-c2cc(-c3cnc4ccccc4c3)c3ccc4c(-c5cc6ccccc6cn5)cc(-c5ccccc5)nc4c3n2)cc1. The Morgan fingerprint density at radius 2 is 0.913 bits per heavy atom. The fourth-order valence-corrected chi connectivity index (χ4v) is 6.39. The van der Waals surface area contributed by atoms with E-state index in [0.29, 0.717) is 0 Å². The molecular formula is C42H26N4. The Morgan fingerprint density at radius 3 is 1.61 bits per heavy atom. The van der Waals surface area contributed by atoms with Crippen LogP contribution in [0.4, 0.5) is 0 Å². The molecule has 0 N–H and O–H groups in total. The zero-order chi connectivity index (χ0) is 30.5. The number of para-hydroxylation sites is 1. The van der Waals surface area contributed by atoms with Crippen molar-refractivity contribution in [3.05, 3.63) is 158 Å². The van der Waals surface area contributed by atoms with Gasteiger partial charge in [0.25, 0.3) is 0 Å². The highest BCUT2D eigenvalue weighted by atomic mass is 14.8. The molecule has 4 heterocycles. The lowest BCUT2D eigenvalue weighted by Crippen LogP contribution is -1.96. The van der Waals surface area contributed by atoms with Crippen LogP contribution in [-0.2, 0) is 0 Å². The summed E-state index contributed by atoms with van der Waals surface area (Å²) in [6, 6.07) is 50.3. The third kappa shape index (κ3) is 4.47. The standard InChI is InChI=1S/C42H26N4/c1-3-11-27(12-4-1)38-23-35(32-21-30-16-9-10-18-37(30)43-26-32)33-19-20-34-36(40-22-29-15-7-8-17-31(29)25-44-40)24-39(28-13-5-2-6-14-28)46-42(34)41(33)45-38/h1-26H. The van der Waals surface area contributed by atoms with Crippen molar-refractivity contribution in [3.8, 4) is 44.9 Å². The molecule has 0 atom stereocenters. The second kappa shape index (κ2) is 10.7. The lowest BCUT2D eigenvalue weighted by Gasteiger charge is -2.15. The van der Waals surface area contributed by atoms with Crippen LogP contribution in [-0.4, -0.2) is 19.9 Å². The molecule has 0 radical (unpaired) electrons. The molecule has 0 saturated heterocycles. The van der Waals surface area contributed by atoms with E-state index in [4.69, 9.17) is 19.9 Å². The maximum Gasteiger partial charge on any atom is 0.0979 e. The Bertz CT molecular complexity index is 2400. The highest BCUT2D eigenvalue weighted by Crippen LogP contribution is 2.39. The molecule has 0 amide bonds. The number of pyridine rings is 4. The van der Waals surface area contributed by atoms with E-state index < -0.39 is 0 Å². The van der Waals surface area contributed by atoms with Crippen LogP contribution in [0.25, 0.3) is 88.4 Å². The van der Waals surface area contributed by atoms with Gasteiger partial charge in [-0.25, -0.2) is 9.97 Å². The number of rotatable bonds is 4. The molecule has 0 spiro atoms. The van der Waals surface area contributed by atoms with Crippen LogP contribution in [0.3, 0.4) is 0 Å².